The maximum atomic E-state index is 13.2. The van der Waals surface area contributed by atoms with E-state index in [0.29, 0.717) is 18.6 Å². The minimum atomic E-state index is -4.82. The number of ether oxygens (including phenoxy) is 1. The Hall–Kier alpha value is -1.67. The van der Waals surface area contributed by atoms with Crippen LogP contribution in [0.15, 0.2) is 18.2 Å². The summed E-state index contributed by atoms with van der Waals surface area (Å²) in [6, 6.07) is 1.87. The van der Waals surface area contributed by atoms with Crippen LogP contribution in [-0.2, 0) is 15.7 Å². The van der Waals surface area contributed by atoms with E-state index in [9.17, 15) is 22.4 Å². The van der Waals surface area contributed by atoms with Crippen LogP contribution in [0.25, 0.3) is 0 Å². The molecule has 8 heteroatoms. The second kappa shape index (κ2) is 5.20. The minimum Gasteiger partial charge on any atom is -0.372 e. The molecule has 3 rings (SSSR count). The standard InChI is InChI=1S/C14H14F4N2O2/c15-8-2-1-6(5-7(8)14(16,17)18)20-13(21)11-9-3-4-10(22-9)12(11)19/h1-2,5,9-12H,3-4,19H2,(H,20,21)/t9-,10+,11+,12-/m1/s1. The number of rotatable bonds is 2. The van der Waals surface area contributed by atoms with E-state index in [-0.39, 0.29) is 17.9 Å². The molecule has 2 saturated heterocycles. The van der Waals surface area contributed by atoms with Gasteiger partial charge in [-0.1, -0.05) is 0 Å². The van der Waals surface area contributed by atoms with E-state index in [2.05, 4.69) is 5.32 Å². The number of nitrogens with one attached hydrogen (secondary N) is 1. The molecule has 2 aliphatic heterocycles. The molecule has 3 N–H and O–H groups in total. The Morgan fingerprint density at radius 1 is 1.27 bits per heavy atom. The van der Waals surface area contributed by atoms with E-state index in [1.54, 1.807) is 0 Å². The Balaban J connectivity index is 1.78. The van der Waals surface area contributed by atoms with Gasteiger partial charge in [0.05, 0.1) is 23.7 Å². The topological polar surface area (TPSA) is 64.4 Å². The molecular formula is C14H14F4N2O2. The van der Waals surface area contributed by atoms with Gasteiger partial charge in [-0.05, 0) is 31.0 Å². The average molecular weight is 318 g/mol. The largest absolute Gasteiger partial charge is 0.419 e. The van der Waals surface area contributed by atoms with Crippen molar-refractivity contribution >= 4 is 11.6 Å². The first-order chi connectivity index (χ1) is 10.3. The zero-order chi connectivity index (χ0) is 16.1. The van der Waals surface area contributed by atoms with E-state index >= 15 is 0 Å². The summed E-state index contributed by atoms with van der Waals surface area (Å²) in [5.41, 5.74) is 4.38. The molecule has 2 bridgehead atoms. The van der Waals surface area contributed by atoms with Crippen molar-refractivity contribution in [3.63, 3.8) is 0 Å². The van der Waals surface area contributed by atoms with Crippen molar-refractivity contribution in [2.45, 2.75) is 37.3 Å². The number of amides is 1. The molecule has 22 heavy (non-hydrogen) atoms. The Labute approximate surface area is 123 Å². The second-order valence-electron chi connectivity index (χ2n) is 5.58. The fourth-order valence-electron chi connectivity index (χ4n) is 3.11. The average Bonchev–Trinajstić information content (AvgIpc) is 3.00. The molecule has 120 valence electrons. The summed E-state index contributed by atoms with van der Waals surface area (Å²) >= 11 is 0. The number of halogens is 4. The summed E-state index contributed by atoms with van der Waals surface area (Å²) in [5, 5.41) is 2.37. The van der Waals surface area contributed by atoms with Gasteiger partial charge >= 0.3 is 6.18 Å². The third-order valence-corrected chi connectivity index (χ3v) is 4.17. The number of nitrogens with two attached hydrogens (primary N) is 1. The molecule has 1 aromatic carbocycles. The predicted octanol–water partition coefficient (Wildman–Crippen LogP) is 2.29. The number of hydrogen-bond donors (Lipinski definition) is 2. The first kappa shape index (κ1) is 15.2. The van der Waals surface area contributed by atoms with E-state index < -0.39 is 35.4 Å². The summed E-state index contributed by atoms with van der Waals surface area (Å²) in [5.74, 6) is -2.48. The highest BCUT2D eigenvalue weighted by Gasteiger charge is 2.50. The van der Waals surface area contributed by atoms with Gasteiger partial charge in [-0.3, -0.25) is 4.79 Å². The maximum absolute atomic E-state index is 13.2. The van der Waals surface area contributed by atoms with Gasteiger partial charge in [-0.2, -0.15) is 13.2 Å². The van der Waals surface area contributed by atoms with Crippen LogP contribution in [0.5, 0.6) is 0 Å². The zero-order valence-corrected chi connectivity index (χ0v) is 11.4. The van der Waals surface area contributed by atoms with Crippen LogP contribution in [0.3, 0.4) is 0 Å². The molecule has 1 amide bonds. The Morgan fingerprint density at radius 3 is 2.55 bits per heavy atom. The van der Waals surface area contributed by atoms with E-state index in [1.807, 2.05) is 0 Å². The van der Waals surface area contributed by atoms with Crippen molar-refractivity contribution in [2.75, 3.05) is 5.32 Å². The Bertz CT molecular complexity index is 603. The molecule has 0 aromatic heterocycles. The van der Waals surface area contributed by atoms with Crippen LogP contribution in [0.4, 0.5) is 23.2 Å². The Kier molecular flexibility index (Phi) is 3.60. The van der Waals surface area contributed by atoms with E-state index in [1.165, 1.54) is 0 Å². The van der Waals surface area contributed by atoms with Gasteiger partial charge in [0.2, 0.25) is 5.91 Å². The van der Waals surface area contributed by atoms with Gasteiger partial charge in [0.1, 0.15) is 5.82 Å². The number of benzene rings is 1. The fourth-order valence-corrected chi connectivity index (χ4v) is 3.11. The number of anilines is 1. The number of fused-ring (bicyclic) bond motifs is 2. The Morgan fingerprint density at radius 2 is 1.95 bits per heavy atom. The lowest BCUT2D eigenvalue weighted by atomic mass is 9.84. The van der Waals surface area contributed by atoms with Gasteiger partial charge < -0.3 is 15.8 Å². The second-order valence-corrected chi connectivity index (χ2v) is 5.58. The summed E-state index contributed by atoms with van der Waals surface area (Å²) in [6.45, 7) is 0. The lowest BCUT2D eigenvalue weighted by molar-refractivity contribution is -0.140. The van der Waals surface area contributed by atoms with Crippen LogP contribution in [0, 0.1) is 11.7 Å². The third-order valence-electron chi connectivity index (χ3n) is 4.17. The molecule has 0 radical (unpaired) electrons. The van der Waals surface area contributed by atoms with Crippen LogP contribution in [-0.4, -0.2) is 24.2 Å². The van der Waals surface area contributed by atoms with Crippen molar-refractivity contribution in [1.29, 1.82) is 0 Å². The number of carbonyl (C=O) groups excluding carboxylic acids is 1. The van der Waals surface area contributed by atoms with Crippen LogP contribution in [0.2, 0.25) is 0 Å². The molecule has 2 heterocycles. The third kappa shape index (κ3) is 2.56. The highest BCUT2D eigenvalue weighted by atomic mass is 19.4. The monoisotopic (exact) mass is 318 g/mol. The molecule has 0 aliphatic carbocycles. The summed E-state index contributed by atoms with van der Waals surface area (Å²) in [4.78, 5) is 12.2. The van der Waals surface area contributed by atoms with Gasteiger partial charge in [-0.25, -0.2) is 4.39 Å². The smallest absolute Gasteiger partial charge is 0.372 e. The maximum Gasteiger partial charge on any atom is 0.419 e. The van der Waals surface area contributed by atoms with Crippen molar-refractivity contribution < 1.29 is 27.1 Å². The predicted molar refractivity (Wildman–Crippen MR) is 69.4 cm³/mol. The van der Waals surface area contributed by atoms with Crippen molar-refractivity contribution in [1.82, 2.24) is 0 Å². The van der Waals surface area contributed by atoms with Crippen molar-refractivity contribution in [3.05, 3.63) is 29.6 Å². The molecule has 4 atom stereocenters. The van der Waals surface area contributed by atoms with E-state index in [0.717, 1.165) is 12.5 Å². The molecule has 2 fully saturated rings. The van der Waals surface area contributed by atoms with E-state index in [4.69, 9.17) is 10.5 Å². The van der Waals surface area contributed by atoms with Crippen molar-refractivity contribution in [2.24, 2.45) is 11.7 Å². The quantitative estimate of drug-likeness (QED) is 0.822. The van der Waals surface area contributed by atoms with Crippen LogP contribution >= 0.6 is 0 Å². The molecule has 0 saturated carbocycles. The molecular weight excluding hydrogens is 304 g/mol. The van der Waals surface area contributed by atoms with Gasteiger partial charge in [0.25, 0.3) is 0 Å². The lowest BCUT2D eigenvalue weighted by Crippen LogP contribution is -2.45. The summed E-state index contributed by atoms with van der Waals surface area (Å²) < 4.78 is 56.7. The molecule has 0 spiro atoms. The fraction of sp³-hybridized carbons (Fsp3) is 0.500. The molecule has 4 nitrogen and oxygen atoms in total. The zero-order valence-electron chi connectivity index (χ0n) is 11.4. The normalized spacial score (nSPS) is 30.6. The SMILES string of the molecule is N[C@H]1[C@@H](C(=O)Nc2ccc(F)c(C(F)(F)F)c2)[C@H]2CC[C@@H]1O2. The van der Waals surface area contributed by atoms with Gasteiger partial charge in [0, 0.05) is 11.7 Å². The summed E-state index contributed by atoms with van der Waals surface area (Å²) in [7, 11) is 0. The molecule has 2 aliphatic rings. The summed E-state index contributed by atoms with van der Waals surface area (Å²) in [6.07, 6.45) is -3.82. The minimum absolute atomic E-state index is 0.117. The molecule has 0 unspecified atom stereocenters. The number of alkyl halides is 3. The first-order valence-corrected chi connectivity index (χ1v) is 6.86. The van der Waals surface area contributed by atoms with Gasteiger partial charge in [0.15, 0.2) is 0 Å². The lowest BCUT2D eigenvalue weighted by Gasteiger charge is -2.23. The number of carbonyl (C=O) groups is 1. The van der Waals surface area contributed by atoms with Gasteiger partial charge in [-0.15, -0.1) is 0 Å². The van der Waals surface area contributed by atoms with Crippen LogP contribution < -0.4 is 11.1 Å². The highest BCUT2D eigenvalue weighted by molar-refractivity contribution is 5.94. The van der Waals surface area contributed by atoms with Crippen molar-refractivity contribution in [3.8, 4) is 0 Å². The first-order valence-electron chi connectivity index (χ1n) is 6.86. The highest BCUT2D eigenvalue weighted by Crippen LogP contribution is 2.39. The van der Waals surface area contributed by atoms with Crippen LogP contribution in [0.1, 0.15) is 18.4 Å². The number of hydrogen-bond acceptors (Lipinski definition) is 3. The molecule has 1 aromatic rings.